The van der Waals surface area contributed by atoms with Crippen LogP contribution in [-0.2, 0) is 6.61 Å². The maximum Gasteiger partial charge on any atom is 0.187 e. The highest BCUT2D eigenvalue weighted by Crippen LogP contribution is 2.32. The zero-order valence-corrected chi connectivity index (χ0v) is 12.6. The van der Waals surface area contributed by atoms with Crippen molar-refractivity contribution in [3.63, 3.8) is 0 Å². The number of thiazole rings is 1. The molecule has 0 bridgehead atoms. The normalized spacial score (nSPS) is 21.4. The lowest BCUT2D eigenvalue weighted by molar-refractivity contribution is 0.285. The summed E-state index contributed by atoms with van der Waals surface area (Å²) in [7, 11) is 0. The van der Waals surface area contributed by atoms with Gasteiger partial charge in [-0.25, -0.2) is 4.98 Å². The Hall–Kier alpha value is -0.320. The van der Waals surface area contributed by atoms with Crippen molar-refractivity contribution in [3.8, 4) is 0 Å². The first-order valence-electron chi connectivity index (χ1n) is 6.62. The Labute approximate surface area is 118 Å². The van der Waals surface area contributed by atoms with Gasteiger partial charge in [0.15, 0.2) is 5.13 Å². The fourth-order valence-corrected chi connectivity index (χ4v) is 3.70. The summed E-state index contributed by atoms with van der Waals surface area (Å²) in [5.74, 6) is 1.58. The zero-order valence-electron chi connectivity index (χ0n) is 11.0. The molecule has 0 radical (unpaired) electrons. The Morgan fingerprint density at radius 2 is 2.22 bits per heavy atom. The molecule has 102 valence electrons. The molecule has 2 rings (SSSR count). The van der Waals surface area contributed by atoms with E-state index in [-0.39, 0.29) is 6.61 Å². The summed E-state index contributed by atoms with van der Waals surface area (Å²) in [6.45, 7) is 6.71. The number of hydrogen-bond acceptors (Lipinski definition) is 4. The average Bonchev–Trinajstić information content (AvgIpc) is 2.58. The first kappa shape index (κ1) is 14.1. The Morgan fingerprint density at radius 1 is 1.44 bits per heavy atom. The molecule has 1 aromatic heterocycles. The van der Waals surface area contributed by atoms with Crippen LogP contribution >= 0.6 is 22.9 Å². The third-order valence-electron chi connectivity index (χ3n) is 3.77. The SMILES string of the molecule is CC(C)C1CCCN(c2nc(Cl)c(CO)s2)CC1. The molecule has 0 amide bonds. The Morgan fingerprint density at radius 3 is 2.83 bits per heavy atom. The summed E-state index contributed by atoms with van der Waals surface area (Å²) in [5.41, 5.74) is 0. The lowest BCUT2D eigenvalue weighted by atomic mass is 9.89. The van der Waals surface area contributed by atoms with Gasteiger partial charge in [0, 0.05) is 13.1 Å². The number of rotatable bonds is 3. The second kappa shape index (κ2) is 6.22. The molecule has 1 N–H and O–H groups in total. The lowest BCUT2D eigenvalue weighted by Crippen LogP contribution is -2.24. The Balaban J connectivity index is 2.05. The van der Waals surface area contributed by atoms with Crippen molar-refractivity contribution >= 4 is 28.1 Å². The quantitative estimate of drug-likeness (QED) is 0.924. The maximum absolute atomic E-state index is 9.17. The van der Waals surface area contributed by atoms with Gasteiger partial charge in [0.1, 0.15) is 5.15 Å². The van der Waals surface area contributed by atoms with Crippen LogP contribution in [0.1, 0.15) is 38.0 Å². The number of hydrogen-bond donors (Lipinski definition) is 1. The molecule has 5 heteroatoms. The van der Waals surface area contributed by atoms with E-state index < -0.39 is 0 Å². The minimum Gasteiger partial charge on any atom is -0.391 e. The van der Waals surface area contributed by atoms with Crippen LogP contribution in [0.2, 0.25) is 5.15 Å². The van der Waals surface area contributed by atoms with E-state index in [1.165, 1.54) is 30.6 Å². The maximum atomic E-state index is 9.17. The standard InChI is InChI=1S/C13H21ClN2OS/c1-9(2)10-4-3-6-16(7-5-10)13-15-12(14)11(8-17)18-13/h9-10,17H,3-8H2,1-2H3. The van der Waals surface area contributed by atoms with Gasteiger partial charge >= 0.3 is 0 Å². The summed E-state index contributed by atoms with van der Waals surface area (Å²) >= 11 is 7.51. The van der Waals surface area contributed by atoms with Crippen molar-refractivity contribution in [2.75, 3.05) is 18.0 Å². The van der Waals surface area contributed by atoms with E-state index >= 15 is 0 Å². The van der Waals surface area contributed by atoms with E-state index in [2.05, 4.69) is 23.7 Å². The fourth-order valence-electron chi connectivity index (χ4n) is 2.53. The number of aromatic nitrogens is 1. The van der Waals surface area contributed by atoms with E-state index in [1.807, 2.05) is 0 Å². The first-order chi connectivity index (χ1) is 8.61. The highest BCUT2D eigenvalue weighted by atomic mass is 35.5. The molecule has 1 aromatic rings. The molecule has 1 fully saturated rings. The topological polar surface area (TPSA) is 36.4 Å². The predicted octanol–water partition coefficient (Wildman–Crippen LogP) is 3.55. The minimum atomic E-state index is -0.0149. The Kier molecular flexibility index (Phi) is 4.87. The van der Waals surface area contributed by atoms with Crippen LogP contribution in [0.15, 0.2) is 0 Å². The number of aliphatic hydroxyl groups is 1. The van der Waals surface area contributed by atoms with E-state index in [9.17, 15) is 0 Å². The van der Waals surface area contributed by atoms with Crippen molar-refractivity contribution in [1.29, 1.82) is 0 Å². The minimum absolute atomic E-state index is 0.0149. The van der Waals surface area contributed by atoms with Gasteiger partial charge in [-0.05, 0) is 31.1 Å². The smallest absolute Gasteiger partial charge is 0.187 e. The van der Waals surface area contributed by atoms with Crippen molar-refractivity contribution in [2.24, 2.45) is 11.8 Å². The third-order valence-corrected chi connectivity index (χ3v) is 5.29. The van der Waals surface area contributed by atoms with E-state index in [0.717, 1.165) is 34.9 Å². The van der Waals surface area contributed by atoms with Crippen molar-refractivity contribution in [2.45, 2.75) is 39.7 Å². The molecule has 1 aliphatic rings. The summed E-state index contributed by atoms with van der Waals surface area (Å²) in [6, 6.07) is 0. The number of anilines is 1. The van der Waals surface area contributed by atoms with Crippen molar-refractivity contribution in [1.82, 2.24) is 4.98 Å². The molecule has 0 saturated carbocycles. The molecule has 1 unspecified atom stereocenters. The lowest BCUT2D eigenvalue weighted by Gasteiger charge is -2.20. The van der Waals surface area contributed by atoms with Gasteiger partial charge in [-0.3, -0.25) is 0 Å². The zero-order chi connectivity index (χ0) is 13.1. The predicted molar refractivity (Wildman–Crippen MR) is 77.4 cm³/mol. The first-order valence-corrected chi connectivity index (χ1v) is 7.82. The van der Waals surface area contributed by atoms with Crippen molar-refractivity contribution < 1.29 is 5.11 Å². The molecule has 3 nitrogen and oxygen atoms in total. The molecular formula is C13H21ClN2OS. The van der Waals surface area contributed by atoms with E-state index in [4.69, 9.17) is 16.7 Å². The molecule has 1 atom stereocenters. The summed E-state index contributed by atoms with van der Waals surface area (Å²) < 4.78 is 0. The van der Waals surface area contributed by atoms with Gasteiger partial charge < -0.3 is 10.0 Å². The summed E-state index contributed by atoms with van der Waals surface area (Å²) in [5, 5.41) is 10.6. The van der Waals surface area contributed by atoms with Crippen molar-refractivity contribution in [3.05, 3.63) is 10.0 Å². The number of aliphatic hydroxyl groups excluding tert-OH is 1. The van der Waals surface area contributed by atoms with Crippen LogP contribution in [-0.4, -0.2) is 23.2 Å². The van der Waals surface area contributed by atoms with Crippen LogP contribution in [0.4, 0.5) is 5.13 Å². The molecule has 1 saturated heterocycles. The second-order valence-corrected chi connectivity index (χ2v) is 6.71. The van der Waals surface area contributed by atoms with Crippen LogP contribution in [0.25, 0.3) is 0 Å². The molecule has 2 heterocycles. The van der Waals surface area contributed by atoms with Crippen LogP contribution in [0.3, 0.4) is 0 Å². The van der Waals surface area contributed by atoms with Gasteiger partial charge in [-0.15, -0.1) is 0 Å². The van der Waals surface area contributed by atoms with Gasteiger partial charge in [0.05, 0.1) is 11.5 Å². The second-order valence-electron chi connectivity index (χ2n) is 5.29. The monoisotopic (exact) mass is 288 g/mol. The third kappa shape index (κ3) is 3.16. The fraction of sp³-hybridized carbons (Fsp3) is 0.769. The van der Waals surface area contributed by atoms with E-state index in [1.54, 1.807) is 0 Å². The largest absolute Gasteiger partial charge is 0.391 e. The number of halogens is 1. The summed E-state index contributed by atoms with van der Waals surface area (Å²) in [6.07, 6.45) is 3.75. The molecular weight excluding hydrogens is 268 g/mol. The van der Waals surface area contributed by atoms with Gasteiger partial charge in [-0.2, -0.15) is 0 Å². The molecule has 1 aliphatic heterocycles. The highest BCUT2D eigenvalue weighted by Gasteiger charge is 2.22. The molecule has 18 heavy (non-hydrogen) atoms. The molecule has 0 aromatic carbocycles. The summed E-state index contributed by atoms with van der Waals surface area (Å²) in [4.78, 5) is 7.46. The van der Waals surface area contributed by atoms with Crippen LogP contribution < -0.4 is 4.90 Å². The molecule has 0 aliphatic carbocycles. The van der Waals surface area contributed by atoms with Gasteiger partial charge in [-0.1, -0.05) is 36.8 Å². The highest BCUT2D eigenvalue weighted by molar-refractivity contribution is 7.16. The van der Waals surface area contributed by atoms with Gasteiger partial charge in [0.25, 0.3) is 0 Å². The van der Waals surface area contributed by atoms with Crippen LogP contribution in [0.5, 0.6) is 0 Å². The Bertz CT molecular complexity index is 394. The molecule has 0 spiro atoms. The van der Waals surface area contributed by atoms with Crippen LogP contribution in [0, 0.1) is 11.8 Å². The van der Waals surface area contributed by atoms with E-state index in [0.29, 0.717) is 5.15 Å². The average molecular weight is 289 g/mol. The van der Waals surface area contributed by atoms with Gasteiger partial charge in [0.2, 0.25) is 0 Å². The number of nitrogens with zero attached hydrogens (tertiary/aromatic N) is 2.